The Kier molecular flexibility index (Phi) is 6.60. The van der Waals surface area contributed by atoms with Gasteiger partial charge in [0.2, 0.25) is 0 Å². The second-order valence-electron chi connectivity index (χ2n) is 8.89. The van der Waals surface area contributed by atoms with Gasteiger partial charge in [0, 0.05) is 45.9 Å². The summed E-state index contributed by atoms with van der Waals surface area (Å²) in [6.07, 6.45) is 8.21. The Morgan fingerprint density at radius 1 is 1.24 bits per heavy atom. The van der Waals surface area contributed by atoms with Crippen LogP contribution >= 0.6 is 0 Å². The Morgan fingerprint density at radius 3 is 2.55 bits per heavy atom. The Bertz CT molecular complexity index is 730. The summed E-state index contributed by atoms with van der Waals surface area (Å²) >= 11 is 0. The van der Waals surface area contributed by atoms with Crippen LogP contribution in [0, 0.1) is 17.8 Å². The standard InChI is InChI=1S/C23H33FN4O.H2/c1-3-18(10-16(2)24)22-4-5-23(27-26-22)25-21-11-19-14-28(15-20(19)12-21)13-17-6-8-29-9-7-17;/h3-5,10,17,19-21H,6-9,11-15H2,1-2H3,(H,25,27);1H/b16-10+,18-3+;/t19-,20+,21?;. The van der Waals surface area contributed by atoms with Crippen LogP contribution < -0.4 is 5.32 Å². The molecule has 1 N–H and O–H groups in total. The zero-order valence-electron chi connectivity index (χ0n) is 17.6. The van der Waals surface area contributed by atoms with Crippen molar-refractivity contribution in [3.05, 3.63) is 35.8 Å². The van der Waals surface area contributed by atoms with Crippen molar-refractivity contribution >= 4 is 11.4 Å². The number of hydrogen-bond acceptors (Lipinski definition) is 5. The lowest BCUT2D eigenvalue weighted by Gasteiger charge is -2.27. The van der Waals surface area contributed by atoms with Crippen LogP contribution in [0.15, 0.2) is 30.1 Å². The molecule has 0 aromatic carbocycles. The van der Waals surface area contributed by atoms with Crippen molar-refractivity contribution in [3.63, 3.8) is 0 Å². The summed E-state index contributed by atoms with van der Waals surface area (Å²) in [6.45, 7) is 8.93. The van der Waals surface area contributed by atoms with Crippen molar-refractivity contribution in [2.45, 2.75) is 45.6 Å². The summed E-state index contributed by atoms with van der Waals surface area (Å²) in [5.41, 5.74) is 1.45. The molecule has 3 heterocycles. The number of aromatic nitrogens is 2. The van der Waals surface area contributed by atoms with Crippen molar-refractivity contribution in [1.82, 2.24) is 15.1 Å². The first kappa shape index (κ1) is 20.5. The maximum absolute atomic E-state index is 13.2. The SMILES string of the molecule is C/C=C(\C=C(/C)F)c1ccc(NC2C[C@@H]3CN(CC4CCOCC4)C[C@@H]3C2)nn1.[HH]. The lowest BCUT2D eigenvalue weighted by atomic mass is 10.00. The highest BCUT2D eigenvalue weighted by molar-refractivity contribution is 5.71. The first-order valence-electron chi connectivity index (χ1n) is 11.0. The number of rotatable bonds is 6. The zero-order chi connectivity index (χ0) is 20.2. The Balaban J connectivity index is 0.00000256. The first-order valence-corrected chi connectivity index (χ1v) is 11.0. The normalized spacial score (nSPS) is 29.3. The second-order valence-corrected chi connectivity index (χ2v) is 8.89. The highest BCUT2D eigenvalue weighted by Gasteiger charge is 2.41. The number of ether oxygens (including phenoxy) is 1. The van der Waals surface area contributed by atoms with Crippen molar-refractivity contribution in [3.8, 4) is 0 Å². The molecule has 29 heavy (non-hydrogen) atoms. The quantitative estimate of drug-likeness (QED) is 0.708. The fraction of sp³-hybridized carbons (Fsp3) is 0.652. The minimum atomic E-state index is -0.231. The van der Waals surface area contributed by atoms with E-state index >= 15 is 0 Å². The first-order chi connectivity index (χ1) is 14.1. The van der Waals surface area contributed by atoms with Crippen LogP contribution in [0.2, 0.25) is 0 Å². The molecule has 160 valence electrons. The second kappa shape index (κ2) is 9.35. The predicted octanol–water partition coefficient (Wildman–Crippen LogP) is 4.55. The van der Waals surface area contributed by atoms with Crippen LogP contribution in [0.3, 0.4) is 0 Å². The highest BCUT2D eigenvalue weighted by atomic mass is 19.1. The van der Waals surface area contributed by atoms with Gasteiger partial charge in [-0.25, -0.2) is 4.39 Å². The van der Waals surface area contributed by atoms with Crippen LogP contribution in [0.1, 0.15) is 46.7 Å². The summed E-state index contributed by atoms with van der Waals surface area (Å²) < 4.78 is 18.7. The maximum Gasteiger partial charge on any atom is 0.148 e. The Labute approximate surface area is 174 Å². The van der Waals surface area contributed by atoms with E-state index in [-0.39, 0.29) is 7.25 Å². The van der Waals surface area contributed by atoms with Gasteiger partial charge < -0.3 is 15.0 Å². The molecule has 3 aliphatic rings. The van der Waals surface area contributed by atoms with Crippen LogP contribution in [-0.4, -0.2) is 54.0 Å². The van der Waals surface area contributed by atoms with Gasteiger partial charge in [0.15, 0.2) is 0 Å². The zero-order valence-corrected chi connectivity index (χ0v) is 17.6. The summed E-state index contributed by atoms with van der Waals surface area (Å²) in [4.78, 5) is 2.69. The number of halogens is 1. The Hall–Kier alpha value is -1.79. The lowest BCUT2D eigenvalue weighted by Crippen LogP contribution is -2.32. The van der Waals surface area contributed by atoms with E-state index in [4.69, 9.17) is 4.74 Å². The van der Waals surface area contributed by atoms with E-state index < -0.39 is 0 Å². The third-order valence-electron chi connectivity index (χ3n) is 6.66. The van der Waals surface area contributed by atoms with Gasteiger partial charge in [-0.05, 0) is 75.5 Å². The van der Waals surface area contributed by atoms with Crippen LogP contribution in [-0.2, 0) is 4.74 Å². The van der Waals surface area contributed by atoms with Gasteiger partial charge in [0.05, 0.1) is 11.5 Å². The largest absolute Gasteiger partial charge is 0.381 e. The smallest absolute Gasteiger partial charge is 0.148 e. The average molecular weight is 403 g/mol. The van der Waals surface area contributed by atoms with E-state index in [1.165, 1.54) is 58.3 Å². The molecule has 0 radical (unpaired) electrons. The van der Waals surface area contributed by atoms with Crippen LogP contribution in [0.25, 0.3) is 5.57 Å². The van der Waals surface area contributed by atoms with E-state index in [1.54, 1.807) is 0 Å². The molecular weight excluding hydrogens is 367 g/mol. The molecule has 2 saturated heterocycles. The van der Waals surface area contributed by atoms with Gasteiger partial charge in [-0.1, -0.05) is 6.08 Å². The monoisotopic (exact) mass is 402 g/mol. The maximum atomic E-state index is 13.2. The molecule has 1 aromatic heterocycles. The minimum Gasteiger partial charge on any atom is -0.381 e. The topological polar surface area (TPSA) is 50.3 Å². The highest BCUT2D eigenvalue weighted by Crippen LogP contribution is 2.39. The van der Waals surface area contributed by atoms with E-state index in [1.807, 2.05) is 25.1 Å². The van der Waals surface area contributed by atoms with E-state index in [0.29, 0.717) is 11.7 Å². The number of fused-ring (bicyclic) bond motifs is 1. The third kappa shape index (κ3) is 5.23. The van der Waals surface area contributed by atoms with E-state index in [2.05, 4.69) is 20.4 Å². The molecule has 5 nitrogen and oxygen atoms in total. The fourth-order valence-corrected chi connectivity index (χ4v) is 5.25. The molecule has 1 aromatic rings. The molecule has 4 rings (SSSR count). The number of nitrogens with zero attached hydrogens (tertiary/aromatic N) is 3. The number of hydrogen-bond donors (Lipinski definition) is 1. The molecule has 2 aliphatic heterocycles. The Morgan fingerprint density at radius 2 is 1.97 bits per heavy atom. The summed E-state index contributed by atoms with van der Waals surface area (Å²) in [6, 6.07) is 4.35. The van der Waals surface area contributed by atoms with Crippen molar-refractivity contribution in [2.24, 2.45) is 17.8 Å². The van der Waals surface area contributed by atoms with Gasteiger partial charge in [-0.2, -0.15) is 0 Å². The number of likely N-dealkylation sites (tertiary alicyclic amines) is 1. The summed E-state index contributed by atoms with van der Waals surface area (Å²) in [5.74, 6) is 3.00. The molecular formula is C23H35FN4O. The molecule has 1 saturated carbocycles. The van der Waals surface area contributed by atoms with E-state index in [9.17, 15) is 4.39 Å². The molecule has 0 bridgehead atoms. The number of nitrogens with one attached hydrogen (secondary N) is 1. The molecule has 1 unspecified atom stereocenters. The fourth-order valence-electron chi connectivity index (χ4n) is 5.25. The molecule has 3 atom stereocenters. The molecule has 6 heteroatoms. The summed E-state index contributed by atoms with van der Waals surface area (Å²) in [5, 5.41) is 12.2. The van der Waals surface area contributed by atoms with Crippen molar-refractivity contribution in [2.75, 3.05) is 38.2 Å². The van der Waals surface area contributed by atoms with E-state index in [0.717, 1.165) is 42.4 Å². The lowest BCUT2D eigenvalue weighted by molar-refractivity contribution is 0.0545. The van der Waals surface area contributed by atoms with Gasteiger partial charge >= 0.3 is 0 Å². The van der Waals surface area contributed by atoms with Crippen LogP contribution in [0.5, 0.6) is 0 Å². The molecule has 1 aliphatic carbocycles. The molecule has 0 amide bonds. The summed E-state index contributed by atoms with van der Waals surface area (Å²) in [7, 11) is 0. The average Bonchev–Trinajstić information content (AvgIpc) is 3.25. The van der Waals surface area contributed by atoms with Crippen molar-refractivity contribution < 1.29 is 10.6 Å². The van der Waals surface area contributed by atoms with Crippen LogP contribution in [0.4, 0.5) is 10.2 Å². The van der Waals surface area contributed by atoms with Gasteiger partial charge in [-0.15, -0.1) is 10.2 Å². The van der Waals surface area contributed by atoms with Gasteiger partial charge in [0.25, 0.3) is 0 Å². The third-order valence-corrected chi connectivity index (χ3v) is 6.66. The number of allylic oxidation sites excluding steroid dienone is 4. The van der Waals surface area contributed by atoms with Gasteiger partial charge in [0.1, 0.15) is 5.82 Å². The number of anilines is 1. The molecule has 0 spiro atoms. The predicted molar refractivity (Wildman–Crippen MR) is 116 cm³/mol. The molecule has 3 fully saturated rings. The van der Waals surface area contributed by atoms with Gasteiger partial charge in [-0.3, -0.25) is 0 Å². The minimum absolute atomic E-state index is 0. The van der Waals surface area contributed by atoms with Crippen molar-refractivity contribution in [1.29, 1.82) is 0 Å².